The SMILES string of the molecule is CN=C(NCCCSc1nccs1)NC1CCc2ncnn2C1.I. The van der Waals surface area contributed by atoms with Crippen LogP contribution >= 0.6 is 47.1 Å². The first-order chi connectivity index (χ1) is 11.3. The molecule has 0 aromatic carbocycles. The van der Waals surface area contributed by atoms with E-state index >= 15 is 0 Å². The zero-order chi connectivity index (χ0) is 15.9. The molecule has 10 heteroatoms. The second kappa shape index (κ2) is 10.2. The van der Waals surface area contributed by atoms with Gasteiger partial charge in [-0.05, 0) is 12.8 Å². The molecule has 24 heavy (non-hydrogen) atoms. The third-order valence-corrected chi connectivity index (χ3v) is 5.67. The number of thioether (sulfide) groups is 1. The van der Waals surface area contributed by atoms with E-state index in [-0.39, 0.29) is 24.0 Å². The van der Waals surface area contributed by atoms with Gasteiger partial charge in [-0.3, -0.25) is 4.99 Å². The van der Waals surface area contributed by atoms with E-state index in [4.69, 9.17) is 0 Å². The molecule has 0 bridgehead atoms. The summed E-state index contributed by atoms with van der Waals surface area (Å²) in [6, 6.07) is 0.347. The molecule has 0 saturated heterocycles. The summed E-state index contributed by atoms with van der Waals surface area (Å²) in [5.74, 6) is 2.99. The van der Waals surface area contributed by atoms with E-state index in [0.29, 0.717) is 6.04 Å². The van der Waals surface area contributed by atoms with Crippen molar-refractivity contribution < 1.29 is 0 Å². The highest BCUT2D eigenvalue weighted by Crippen LogP contribution is 2.20. The topological polar surface area (TPSA) is 80.0 Å². The standard InChI is InChI=1S/C14H21N7S2.HI/c1-15-13(16-5-2-7-22-14-17-6-8-23-14)20-11-3-4-12-18-10-19-21(12)9-11;/h6,8,10-11H,2-5,7,9H2,1H3,(H2,15,16,20);1H. The van der Waals surface area contributed by atoms with Gasteiger partial charge >= 0.3 is 0 Å². The Morgan fingerprint density at radius 2 is 2.42 bits per heavy atom. The van der Waals surface area contributed by atoms with Gasteiger partial charge < -0.3 is 10.6 Å². The molecule has 3 rings (SSSR count). The highest BCUT2D eigenvalue weighted by molar-refractivity contribution is 14.0. The van der Waals surface area contributed by atoms with Crippen molar-refractivity contribution in [3.05, 3.63) is 23.7 Å². The zero-order valence-electron chi connectivity index (χ0n) is 13.5. The molecule has 7 nitrogen and oxygen atoms in total. The molecule has 3 heterocycles. The van der Waals surface area contributed by atoms with Gasteiger partial charge in [-0.1, -0.05) is 11.8 Å². The van der Waals surface area contributed by atoms with Crippen molar-refractivity contribution in [2.24, 2.45) is 4.99 Å². The summed E-state index contributed by atoms with van der Waals surface area (Å²) < 4.78 is 3.11. The van der Waals surface area contributed by atoms with E-state index in [1.807, 2.05) is 23.3 Å². The minimum atomic E-state index is 0. The molecule has 2 N–H and O–H groups in total. The maximum Gasteiger partial charge on any atom is 0.191 e. The monoisotopic (exact) mass is 479 g/mol. The largest absolute Gasteiger partial charge is 0.356 e. The number of hydrogen-bond acceptors (Lipinski definition) is 6. The highest BCUT2D eigenvalue weighted by atomic mass is 127. The second-order valence-corrected chi connectivity index (χ2v) is 7.47. The van der Waals surface area contributed by atoms with Crippen LogP contribution in [0.2, 0.25) is 0 Å². The number of thiazole rings is 1. The lowest BCUT2D eigenvalue weighted by Gasteiger charge is -2.25. The molecule has 1 aliphatic heterocycles. The van der Waals surface area contributed by atoms with E-state index in [9.17, 15) is 0 Å². The van der Waals surface area contributed by atoms with Crippen molar-refractivity contribution in [1.29, 1.82) is 0 Å². The summed E-state index contributed by atoms with van der Waals surface area (Å²) in [7, 11) is 1.81. The van der Waals surface area contributed by atoms with Crippen molar-refractivity contribution in [2.45, 2.75) is 36.2 Å². The predicted octanol–water partition coefficient (Wildman–Crippen LogP) is 2.01. The summed E-state index contributed by atoms with van der Waals surface area (Å²) in [5, 5.41) is 13.1. The van der Waals surface area contributed by atoms with Gasteiger partial charge in [-0.15, -0.1) is 35.3 Å². The Morgan fingerprint density at radius 3 is 3.21 bits per heavy atom. The van der Waals surface area contributed by atoms with E-state index in [2.05, 4.69) is 30.7 Å². The number of nitrogens with zero attached hydrogens (tertiary/aromatic N) is 5. The van der Waals surface area contributed by atoms with Crippen LogP contribution in [0.3, 0.4) is 0 Å². The molecular weight excluding hydrogens is 457 g/mol. The average Bonchev–Trinajstić information content (AvgIpc) is 3.24. The van der Waals surface area contributed by atoms with Crippen LogP contribution in [0.25, 0.3) is 0 Å². The molecule has 132 valence electrons. The first kappa shape index (κ1) is 19.4. The lowest BCUT2D eigenvalue weighted by molar-refractivity contribution is 0.393. The predicted molar refractivity (Wildman–Crippen MR) is 109 cm³/mol. The molecule has 0 aliphatic carbocycles. The number of fused-ring (bicyclic) bond motifs is 1. The van der Waals surface area contributed by atoms with Gasteiger partial charge in [-0.25, -0.2) is 14.6 Å². The van der Waals surface area contributed by atoms with Crippen LogP contribution in [0.4, 0.5) is 0 Å². The molecular formula is C14H22IN7S2. The van der Waals surface area contributed by atoms with E-state index in [0.717, 1.165) is 54.2 Å². The maximum atomic E-state index is 4.31. The van der Waals surface area contributed by atoms with Gasteiger partial charge in [-0.2, -0.15) is 5.10 Å². The van der Waals surface area contributed by atoms with Crippen LogP contribution < -0.4 is 10.6 Å². The van der Waals surface area contributed by atoms with Crippen molar-refractivity contribution in [1.82, 2.24) is 30.4 Å². The molecule has 1 atom stereocenters. The van der Waals surface area contributed by atoms with Gasteiger partial charge in [0.1, 0.15) is 16.5 Å². The normalized spacial score (nSPS) is 17.0. The Balaban J connectivity index is 0.00000208. The van der Waals surface area contributed by atoms with Crippen LogP contribution in [0.1, 0.15) is 18.7 Å². The smallest absolute Gasteiger partial charge is 0.191 e. The van der Waals surface area contributed by atoms with Crippen LogP contribution in [-0.4, -0.2) is 51.1 Å². The van der Waals surface area contributed by atoms with Gasteiger partial charge in [0.2, 0.25) is 0 Å². The number of nitrogens with one attached hydrogen (secondary N) is 2. The number of hydrogen-bond donors (Lipinski definition) is 2. The summed E-state index contributed by atoms with van der Waals surface area (Å²) in [4.78, 5) is 12.8. The van der Waals surface area contributed by atoms with Crippen molar-refractivity contribution in [3.8, 4) is 0 Å². The summed E-state index contributed by atoms with van der Waals surface area (Å²) in [5.41, 5.74) is 0. The Kier molecular flexibility index (Phi) is 8.25. The molecule has 2 aromatic rings. The Hall–Kier alpha value is -0.880. The molecule has 0 amide bonds. The Labute approximate surface area is 167 Å². The molecule has 0 spiro atoms. The van der Waals surface area contributed by atoms with Crippen LogP contribution in [0.15, 0.2) is 27.2 Å². The van der Waals surface area contributed by atoms with E-state index < -0.39 is 0 Å². The number of aliphatic imine (C=N–C) groups is 1. The fourth-order valence-electron chi connectivity index (χ4n) is 2.46. The molecule has 1 aliphatic rings. The molecule has 0 radical (unpaired) electrons. The van der Waals surface area contributed by atoms with Crippen molar-refractivity contribution in [3.63, 3.8) is 0 Å². The zero-order valence-corrected chi connectivity index (χ0v) is 17.5. The quantitative estimate of drug-likeness (QED) is 0.217. The van der Waals surface area contributed by atoms with E-state index in [1.54, 1.807) is 29.4 Å². The van der Waals surface area contributed by atoms with Gasteiger partial charge in [0.15, 0.2) is 5.96 Å². The number of guanidine groups is 1. The number of rotatable bonds is 6. The third kappa shape index (κ3) is 5.59. The van der Waals surface area contributed by atoms with E-state index in [1.165, 1.54) is 0 Å². The number of aromatic nitrogens is 4. The molecule has 0 saturated carbocycles. The molecule has 1 unspecified atom stereocenters. The first-order valence-electron chi connectivity index (χ1n) is 7.71. The molecule has 2 aromatic heterocycles. The summed E-state index contributed by atoms with van der Waals surface area (Å²) in [6.45, 7) is 1.75. The average molecular weight is 479 g/mol. The highest BCUT2D eigenvalue weighted by Gasteiger charge is 2.20. The van der Waals surface area contributed by atoms with Gasteiger partial charge in [0.05, 0.1) is 6.54 Å². The number of aryl methyl sites for hydroxylation is 1. The number of halogens is 1. The Morgan fingerprint density at radius 1 is 1.50 bits per heavy atom. The fraction of sp³-hybridized carbons (Fsp3) is 0.571. The van der Waals surface area contributed by atoms with Crippen LogP contribution in [0, 0.1) is 0 Å². The second-order valence-electron chi connectivity index (χ2n) is 5.24. The van der Waals surface area contributed by atoms with Crippen molar-refractivity contribution in [2.75, 3.05) is 19.3 Å². The maximum absolute atomic E-state index is 4.31. The lowest BCUT2D eigenvalue weighted by atomic mass is 10.1. The third-order valence-electron chi connectivity index (χ3n) is 3.62. The minimum absolute atomic E-state index is 0. The molecule has 0 fully saturated rings. The van der Waals surface area contributed by atoms with Gasteiger partial charge in [0, 0.05) is 43.4 Å². The fourth-order valence-corrected chi connectivity index (χ4v) is 4.11. The first-order valence-corrected chi connectivity index (χ1v) is 9.58. The minimum Gasteiger partial charge on any atom is -0.356 e. The Bertz CT molecular complexity index is 629. The van der Waals surface area contributed by atoms with Crippen LogP contribution in [-0.2, 0) is 13.0 Å². The lowest BCUT2D eigenvalue weighted by Crippen LogP contribution is -2.47. The van der Waals surface area contributed by atoms with Gasteiger partial charge in [0.25, 0.3) is 0 Å². The summed E-state index contributed by atoms with van der Waals surface area (Å²) >= 11 is 3.50. The van der Waals surface area contributed by atoms with Crippen molar-refractivity contribution >= 4 is 53.0 Å². The van der Waals surface area contributed by atoms with Crippen LogP contribution in [0.5, 0.6) is 0 Å². The summed E-state index contributed by atoms with van der Waals surface area (Å²) in [6.07, 6.45) is 6.56.